The molecule has 0 unspecified atom stereocenters. The van der Waals surface area contributed by atoms with Gasteiger partial charge in [0.15, 0.2) is 0 Å². The van der Waals surface area contributed by atoms with Gasteiger partial charge in [0.2, 0.25) is 0 Å². The number of benzene rings is 1. The number of alkyl halides is 2. The van der Waals surface area contributed by atoms with Crippen LogP contribution in [-0.2, 0) is 6.42 Å². The summed E-state index contributed by atoms with van der Waals surface area (Å²) in [4.78, 5) is 2.14. The standard InChI is InChI=1S/C14H15F2N3.C2H6/c1-2-19-4-3-9-5-11(10-7-17-18-8-10)12(14(15)16)6-13(9)19;1-2/h5-8,14H,2-4H2,1H3,(H,17,18);1-2H3. The predicted octanol–water partition coefficient (Wildman–Crippen LogP) is 4.42. The van der Waals surface area contributed by atoms with Gasteiger partial charge in [-0.05, 0) is 36.6 Å². The fourth-order valence-corrected chi connectivity index (χ4v) is 2.68. The number of aromatic nitrogens is 2. The summed E-state index contributed by atoms with van der Waals surface area (Å²) in [5.74, 6) is 0. The lowest BCUT2D eigenvalue weighted by Gasteiger charge is -2.18. The molecule has 0 spiro atoms. The molecule has 0 amide bonds. The lowest BCUT2D eigenvalue weighted by Crippen LogP contribution is -2.19. The van der Waals surface area contributed by atoms with E-state index < -0.39 is 6.43 Å². The maximum absolute atomic E-state index is 13.3. The molecule has 3 nitrogen and oxygen atoms in total. The van der Waals surface area contributed by atoms with E-state index in [4.69, 9.17) is 0 Å². The zero-order valence-electron chi connectivity index (χ0n) is 12.7. The monoisotopic (exact) mass is 293 g/mol. The third kappa shape index (κ3) is 2.91. The maximum Gasteiger partial charge on any atom is 0.264 e. The summed E-state index contributed by atoms with van der Waals surface area (Å²) in [5, 5.41) is 6.52. The van der Waals surface area contributed by atoms with Crippen LogP contribution in [0.4, 0.5) is 14.5 Å². The molecule has 1 aromatic carbocycles. The molecular formula is C16H21F2N3. The maximum atomic E-state index is 13.3. The first kappa shape index (κ1) is 15.5. The van der Waals surface area contributed by atoms with Crippen molar-refractivity contribution < 1.29 is 8.78 Å². The van der Waals surface area contributed by atoms with Crippen molar-refractivity contribution in [2.24, 2.45) is 0 Å². The van der Waals surface area contributed by atoms with Gasteiger partial charge in [-0.2, -0.15) is 5.10 Å². The average Bonchev–Trinajstić information content (AvgIpc) is 3.16. The Bertz CT molecular complexity index is 579. The molecule has 0 radical (unpaired) electrons. The van der Waals surface area contributed by atoms with E-state index in [9.17, 15) is 8.78 Å². The van der Waals surface area contributed by atoms with Crippen LogP contribution in [0.25, 0.3) is 11.1 Å². The molecule has 5 heteroatoms. The van der Waals surface area contributed by atoms with Crippen molar-refractivity contribution in [3.63, 3.8) is 0 Å². The van der Waals surface area contributed by atoms with Gasteiger partial charge in [0.05, 0.1) is 6.20 Å². The highest BCUT2D eigenvalue weighted by Crippen LogP contribution is 2.38. The van der Waals surface area contributed by atoms with Gasteiger partial charge in [-0.3, -0.25) is 5.10 Å². The van der Waals surface area contributed by atoms with E-state index >= 15 is 0 Å². The number of nitrogens with one attached hydrogen (secondary N) is 1. The van der Waals surface area contributed by atoms with Crippen molar-refractivity contribution >= 4 is 5.69 Å². The second-order valence-electron chi connectivity index (χ2n) is 4.69. The number of aromatic amines is 1. The van der Waals surface area contributed by atoms with Crippen LogP contribution in [0.15, 0.2) is 24.5 Å². The highest BCUT2D eigenvalue weighted by Gasteiger charge is 2.24. The molecule has 2 aromatic rings. The molecule has 114 valence electrons. The number of hydrogen-bond donors (Lipinski definition) is 1. The summed E-state index contributed by atoms with van der Waals surface area (Å²) in [6, 6.07) is 3.52. The van der Waals surface area contributed by atoms with Gasteiger partial charge in [0, 0.05) is 36.1 Å². The molecule has 1 aliphatic rings. The van der Waals surface area contributed by atoms with Crippen molar-refractivity contribution in [2.45, 2.75) is 33.6 Å². The Morgan fingerprint density at radius 1 is 1.33 bits per heavy atom. The molecule has 0 saturated carbocycles. The van der Waals surface area contributed by atoms with Crippen LogP contribution in [0.5, 0.6) is 0 Å². The molecule has 1 aliphatic heterocycles. The van der Waals surface area contributed by atoms with E-state index in [1.54, 1.807) is 18.5 Å². The van der Waals surface area contributed by atoms with Crippen LogP contribution in [0.2, 0.25) is 0 Å². The largest absolute Gasteiger partial charge is 0.371 e. The number of halogens is 2. The van der Waals surface area contributed by atoms with Gasteiger partial charge < -0.3 is 4.90 Å². The van der Waals surface area contributed by atoms with Crippen molar-refractivity contribution in [1.82, 2.24) is 10.2 Å². The van der Waals surface area contributed by atoms with E-state index in [-0.39, 0.29) is 5.56 Å². The van der Waals surface area contributed by atoms with E-state index in [0.717, 1.165) is 30.8 Å². The second kappa shape index (κ2) is 6.70. The van der Waals surface area contributed by atoms with Gasteiger partial charge in [-0.15, -0.1) is 0 Å². The minimum Gasteiger partial charge on any atom is -0.371 e. The number of rotatable bonds is 3. The van der Waals surface area contributed by atoms with Crippen molar-refractivity contribution in [3.8, 4) is 11.1 Å². The predicted molar refractivity (Wildman–Crippen MR) is 81.9 cm³/mol. The lowest BCUT2D eigenvalue weighted by atomic mass is 9.98. The Morgan fingerprint density at radius 2 is 2.10 bits per heavy atom. The molecule has 0 bridgehead atoms. The molecular weight excluding hydrogens is 272 g/mol. The van der Waals surface area contributed by atoms with Gasteiger partial charge in [0.25, 0.3) is 6.43 Å². The molecule has 21 heavy (non-hydrogen) atoms. The lowest BCUT2D eigenvalue weighted by molar-refractivity contribution is 0.152. The van der Waals surface area contributed by atoms with Crippen LogP contribution < -0.4 is 4.90 Å². The van der Waals surface area contributed by atoms with Crippen LogP contribution in [0.3, 0.4) is 0 Å². The first-order chi connectivity index (χ1) is 10.2. The van der Waals surface area contributed by atoms with Gasteiger partial charge in [-0.1, -0.05) is 13.8 Å². The van der Waals surface area contributed by atoms with Gasteiger partial charge in [-0.25, -0.2) is 8.78 Å². The number of likely N-dealkylation sites (N-methyl/N-ethyl adjacent to an activating group) is 1. The molecule has 0 fully saturated rings. The van der Waals surface area contributed by atoms with E-state index in [1.807, 2.05) is 26.8 Å². The minimum atomic E-state index is -2.48. The third-order valence-electron chi connectivity index (χ3n) is 3.67. The second-order valence-corrected chi connectivity index (χ2v) is 4.69. The smallest absolute Gasteiger partial charge is 0.264 e. The summed E-state index contributed by atoms with van der Waals surface area (Å²) in [7, 11) is 0. The Morgan fingerprint density at radius 3 is 2.67 bits per heavy atom. The van der Waals surface area contributed by atoms with Crippen LogP contribution in [0, 0.1) is 0 Å². The van der Waals surface area contributed by atoms with E-state index in [0.29, 0.717) is 11.1 Å². The van der Waals surface area contributed by atoms with Crippen molar-refractivity contribution in [1.29, 1.82) is 0 Å². The zero-order valence-corrected chi connectivity index (χ0v) is 12.7. The summed E-state index contributed by atoms with van der Waals surface area (Å²) in [5.41, 5.74) is 3.47. The Balaban J connectivity index is 0.000000774. The highest BCUT2D eigenvalue weighted by molar-refractivity contribution is 5.74. The van der Waals surface area contributed by atoms with Crippen LogP contribution >= 0.6 is 0 Å². The SMILES string of the molecule is CC.CCN1CCc2cc(-c3cn[nH]c3)c(C(F)F)cc21. The molecule has 0 atom stereocenters. The Hall–Kier alpha value is -1.91. The Kier molecular flexibility index (Phi) is 4.94. The van der Waals surface area contributed by atoms with Gasteiger partial charge in [0.1, 0.15) is 0 Å². The number of anilines is 1. The fourth-order valence-electron chi connectivity index (χ4n) is 2.68. The summed E-state index contributed by atoms with van der Waals surface area (Å²) in [6.45, 7) is 7.80. The summed E-state index contributed by atoms with van der Waals surface area (Å²) >= 11 is 0. The summed E-state index contributed by atoms with van der Waals surface area (Å²) < 4.78 is 26.5. The molecule has 2 heterocycles. The number of fused-ring (bicyclic) bond motifs is 1. The average molecular weight is 293 g/mol. The Labute approximate surface area is 124 Å². The minimum absolute atomic E-state index is 0.0838. The van der Waals surface area contributed by atoms with Crippen LogP contribution in [0.1, 0.15) is 38.3 Å². The molecule has 0 aliphatic carbocycles. The van der Waals surface area contributed by atoms with Gasteiger partial charge >= 0.3 is 0 Å². The third-order valence-corrected chi connectivity index (χ3v) is 3.67. The normalized spacial score (nSPS) is 13.1. The first-order valence-corrected chi connectivity index (χ1v) is 7.39. The number of nitrogens with zero attached hydrogens (tertiary/aromatic N) is 2. The summed E-state index contributed by atoms with van der Waals surface area (Å²) in [6.07, 6.45) is 1.67. The number of hydrogen-bond acceptors (Lipinski definition) is 2. The molecule has 1 aromatic heterocycles. The molecule has 1 N–H and O–H groups in total. The fraction of sp³-hybridized carbons (Fsp3) is 0.438. The van der Waals surface area contributed by atoms with Crippen molar-refractivity contribution in [3.05, 3.63) is 35.7 Å². The van der Waals surface area contributed by atoms with E-state index in [2.05, 4.69) is 15.1 Å². The topological polar surface area (TPSA) is 31.9 Å². The first-order valence-electron chi connectivity index (χ1n) is 7.39. The van der Waals surface area contributed by atoms with E-state index in [1.165, 1.54) is 0 Å². The van der Waals surface area contributed by atoms with Crippen molar-refractivity contribution in [2.75, 3.05) is 18.0 Å². The highest BCUT2D eigenvalue weighted by atomic mass is 19.3. The molecule has 0 saturated heterocycles. The van der Waals surface area contributed by atoms with Crippen LogP contribution in [-0.4, -0.2) is 23.3 Å². The number of H-pyrrole nitrogens is 1. The zero-order chi connectivity index (χ0) is 15.4. The quantitative estimate of drug-likeness (QED) is 0.908. The molecule has 3 rings (SSSR count).